The molecule has 2 atom stereocenters. The van der Waals surface area contributed by atoms with Gasteiger partial charge in [0.15, 0.2) is 4.96 Å². The van der Waals surface area contributed by atoms with E-state index < -0.39 is 5.54 Å². The Balaban J connectivity index is 1.18. The van der Waals surface area contributed by atoms with Crippen molar-refractivity contribution in [3.8, 4) is 0 Å². The second-order valence-corrected chi connectivity index (χ2v) is 9.83. The third-order valence-electron chi connectivity index (χ3n) is 7.05. The minimum absolute atomic E-state index is 0.0516. The van der Waals surface area contributed by atoms with Crippen molar-refractivity contribution >= 4 is 28.2 Å². The van der Waals surface area contributed by atoms with Crippen molar-refractivity contribution in [1.82, 2.24) is 29.4 Å². The highest BCUT2D eigenvalue weighted by atomic mass is 32.1. The van der Waals surface area contributed by atoms with Crippen LogP contribution in [-0.4, -0.2) is 74.4 Å². The fourth-order valence-corrected chi connectivity index (χ4v) is 5.85. The molecule has 1 spiro atoms. The van der Waals surface area contributed by atoms with Gasteiger partial charge in [0.25, 0.3) is 11.5 Å². The molecule has 10 heteroatoms. The number of urea groups is 1. The molecule has 1 saturated carbocycles. The number of fused-ring (bicyclic) bond motifs is 1. The fourth-order valence-electron chi connectivity index (χ4n) is 5.11. The number of carbonyl (C=O) groups is 2. The Hall–Kier alpha value is -2.30. The van der Waals surface area contributed by atoms with E-state index in [2.05, 4.69) is 27.0 Å². The van der Waals surface area contributed by atoms with Gasteiger partial charge in [-0.05, 0) is 18.8 Å². The van der Waals surface area contributed by atoms with Crippen LogP contribution in [0.1, 0.15) is 38.3 Å². The van der Waals surface area contributed by atoms with E-state index in [1.807, 2.05) is 5.38 Å². The molecule has 1 aliphatic carbocycles. The number of nitrogens with zero attached hydrogens (tertiary/aromatic N) is 5. The van der Waals surface area contributed by atoms with Crippen molar-refractivity contribution in [3.05, 3.63) is 33.7 Å². The van der Waals surface area contributed by atoms with Crippen molar-refractivity contribution in [2.24, 2.45) is 5.92 Å². The molecule has 3 fully saturated rings. The number of rotatable bonds is 4. The Morgan fingerprint density at radius 3 is 2.71 bits per heavy atom. The molecule has 4 heterocycles. The highest BCUT2D eigenvalue weighted by Crippen LogP contribution is 2.38. The lowest BCUT2D eigenvalue weighted by molar-refractivity contribution is -0.136. The number of piperazine rings is 1. The first kappa shape index (κ1) is 20.6. The predicted molar refractivity (Wildman–Crippen MR) is 117 cm³/mol. The Labute approximate surface area is 184 Å². The Kier molecular flexibility index (Phi) is 5.31. The number of imide groups is 1. The van der Waals surface area contributed by atoms with Crippen LogP contribution < -0.4 is 10.9 Å². The van der Waals surface area contributed by atoms with Crippen LogP contribution in [0.25, 0.3) is 4.96 Å². The van der Waals surface area contributed by atoms with Crippen molar-refractivity contribution in [2.45, 2.75) is 44.7 Å². The van der Waals surface area contributed by atoms with E-state index in [4.69, 9.17) is 0 Å². The second-order valence-electron chi connectivity index (χ2n) is 8.96. The molecule has 2 aromatic rings. The van der Waals surface area contributed by atoms with Gasteiger partial charge >= 0.3 is 6.03 Å². The van der Waals surface area contributed by atoms with Gasteiger partial charge in [-0.15, -0.1) is 11.3 Å². The number of hydrogen-bond donors (Lipinski definition) is 1. The summed E-state index contributed by atoms with van der Waals surface area (Å²) in [7, 11) is 0. The van der Waals surface area contributed by atoms with Crippen molar-refractivity contribution in [3.63, 3.8) is 0 Å². The van der Waals surface area contributed by atoms with Crippen molar-refractivity contribution in [1.29, 1.82) is 0 Å². The maximum Gasteiger partial charge on any atom is 0.326 e. The van der Waals surface area contributed by atoms with E-state index >= 15 is 0 Å². The van der Waals surface area contributed by atoms with Crippen LogP contribution in [-0.2, 0) is 11.3 Å². The lowest BCUT2D eigenvalue weighted by Gasteiger charge is -2.38. The molecular weight excluding hydrogens is 416 g/mol. The SMILES string of the molecule is C[C@@H]1CCCC[C@@]12NC(=O)N(CN1CCN(Cc3cc(=O)n4ccsc4n3)CC1)C2=O. The molecule has 3 amide bonds. The molecule has 166 valence electrons. The molecule has 2 saturated heterocycles. The van der Waals surface area contributed by atoms with Gasteiger partial charge in [-0.2, -0.15) is 0 Å². The summed E-state index contributed by atoms with van der Waals surface area (Å²) < 4.78 is 1.56. The van der Waals surface area contributed by atoms with Crippen molar-refractivity contribution < 1.29 is 9.59 Å². The first-order valence-corrected chi connectivity index (χ1v) is 11.9. The third-order valence-corrected chi connectivity index (χ3v) is 7.81. The van der Waals surface area contributed by atoms with E-state index in [1.165, 1.54) is 16.2 Å². The number of carbonyl (C=O) groups excluding carboxylic acids is 2. The molecule has 0 bridgehead atoms. The zero-order valence-electron chi connectivity index (χ0n) is 17.7. The molecule has 3 aliphatic rings. The summed E-state index contributed by atoms with van der Waals surface area (Å²) in [5.74, 6) is 0.123. The van der Waals surface area contributed by atoms with E-state index in [1.54, 1.807) is 16.7 Å². The maximum absolute atomic E-state index is 13.2. The molecule has 0 aromatic carbocycles. The van der Waals surface area contributed by atoms with Crippen LogP contribution in [0, 0.1) is 5.92 Å². The molecular formula is C21H28N6O3S. The van der Waals surface area contributed by atoms with Crippen LogP contribution in [0.3, 0.4) is 0 Å². The van der Waals surface area contributed by atoms with Gasteiger partial charge in [0.1, 0.15) is 5.54 Å². The summed E-state index contributed by atoms with van der Waals surface area (Å²) in [6.45, 7) is 6.18. The van der Waals surface area contributed by atoms with E-state index in [9.17, 15) is 14.4 Å². The fraction of sp³-hybridized carbons (Fsp3) is 0.619. The van der Waals surface area contributed by atoms with Crippen LogP contribution in [0.5, 0.6) is 0 Å². The highest BCUT2D eigenvalue weighted by Gasteiger charge is 2.55. The topological polar surface area (TPSA) is 90.3 Å². The van der Waals surface area contributed by atoms with Gasteiger partial charge in [0.2, 0.25) is 0 Å². The summed E-state index contributed by atoms with van der Waals surface area (Å²) in [6, 6.07) is 1.35. The van der Waals surface area contributed by atoms with Gasteiger partial charge in [-0.1, -0.05) is 19.8 Å². The molecule has 2 aliphatic heterocycles. The number of thiazole rings is 1. The van der Waals surface area contributed by atoms with Gasteiger partial charge in [-0.25, -0.2) is 14.7 Å². The smallest absolute Gasteiger partial charge is 0.323 e. The van der Waals surface area contributed by atoms with Crippen LogP contribution in [0.4, 0.5) is 4.79 Å². The van der Waals surface area contributed by atoms with Gasteiger partial charge < -0.3 is 5.32 Å². The molecule has 5 rings (SSSR count). The van der Waals surface area contributed by atoms with Crippen LogP contribution in [0.15, 0.2) is 22.4 Å². The molecule has 1 N–H and O–H groups in total. The summed E-state index contributed by atoms with van der Waals surface area (Å²) in [6.07, 6.45) is 5.57. The largest absolute Gasteiger partial charge is 0.326 e. The summed E-state index contributed by atoms with van der Waals surface area (Å²) in [4.78, 5) is 49.1. The van der Waals surface area contributed by atoms with E-state index in [-0.39, 0.29) is 23.4 Å². The number of amides is 3. The second kappa shape index (κ2) is 7.99. The molecule has 0 unspecified atom stereocenters. The summed E-state index contributed by atoms with van der Waals surface area (Å²) in [5, 5.41) is 4.89. The average molecular weight is 445 g/mol. The lowest BCUT2D eigenvalue weighted by Crippen LogP contribution is -2.55. The maximum atomic E-state index is 13.2. The lowest BCUT2D eigenvalue weighted by atomic mass is 9.73. The minimum atomic E-state index is -0.697. The third kappa shape index (κ3) is 3.66. The summed E-state index contributed by atoms with van der Waals surface area (Å²) in [5.41, 5.74) is 0.0321. The standard InChI is InChI=1S/C21H28N6O3S/c1-15-4-2-3-5-21(15)18(29)27(19(30)23-21)14-25-8-6-24(7-9-25)13-16-12-17(28)26-10-11-31-20(26)22-16/h10-12,15H,2-9,13-14H2,1H3,(H,23,30)/t15-,21-/m1/s1. The average Bonchev–Trinajstić information content (AvgIpc) is 3.31. The molecule has 31 heavy (non-hydrogen) atoms. The predicted octanol–water partition coefficient (Wildman–Crippen LogP) is 1.33. The number of hydrogen-bond acceptors (Lipinski definition) is 7. The van der Waals surface area contributed by atoms with E-state index in [0.717, 1.165) is 57.6 Å². The molecule has 0 radical (unpaired) electrons. The molecule has 9 nitrogen and oxygen atoms in total. The zero-order valence-corrected chi connectivity index (χ0v) is 18.6. The zero-order chi connectivity index (χ0) is 21.6. The summed E-state index contributed by atoms with van der Waals surface area (Å²) >= 11 is 1.46. The monoisotopic (exact) mass is 444 g/mol. The van der Waals surface area contributed by atoms with E-state index in [0.29, 0.717) is 18.2 Å². The minimum Gasteiger partial charge on any atom is -0.323 e. The highest BCUT2D eigenvalue weighted by molar-refractivity contribution is 7.15. The van der Waals surface area contributed by atoms with Gasteiger partial charge in [0, 0.05) is 50.4 Å². The quantitative estimate of drug-likeness (QED) is 0.716. The molecule has 2 aromatic heterocycles. The van der Waals surface area contributed by atoms with Gasteiger partial charge in [-0.3, -0.25) is 23.8 Å². The first-order valence-electron chi connectivity index (χ1n) is 11.0. The Bertz CT molecular complexity index is 1060. The Morgan fingerprint density at radius 1 is 1.16 bits per heavy atom. The normalized spacial score (nSPS) is 28.0. The van der Waals surface area contributed by atoms with Gasteiger partial charge in [0.05, 0.1) is 12.4 Å². The first-order chi connectivity index (χ1) is 15.0. The van der Waals surface area contributed by atoms with Crippen molar-refractivity contribution in [2.75, 3.05) is 32.8 Å². The van der Waals surface area contributed by atoms with Crippen LogP contribution in [0.2, 0.25) is 0 Å². The number of nitrogens with one attached hydrogen (secondary N) is 1. The Morgan fingerprint density at radius 2 is 1.94 bits per heavy atom. The van der Waals surface area contributed by atoms with Crippen LogP contribution >= 0.6 is 11.3 Å². The number of aromatic nitrogens is 2.